The van der Waals surface area contributed by atoms with Gasteiger partial charge in [0.15, 0.2) is 5.13 Å². The summed E-state index contributed by atoms with van der Waals surface area (Å²) in [7, 11) is 0. The lowest BCUT2D eigenvalue weighted by molar-refractivity contribution is -0.384. The van der Waals surface area contributed by atoms with Crippen molar-refractivity contribution in [1.29, 1.82) is 0 Å². The molecule has 2 aromatic carbocycles. The molecular formula is C21H13N3O5S. The van der Waals surface area contributed by atoms with E-state index in [4.69, 9.17) is 4.42 Å². The second-order valence-corrected chi connectivity index (χ2v) is 7.05. The number of carbonyl (C=O) groups excluding carboxylic acids is 1. The monoisotopic (exact) mass is 419 g/mol. The molecule has 148 valence electrons. The Hall–Kier alpha value is -4.11. The number of nitrogens with zero attached hydrogens (tertiary/aromatic N) is 2. The summed E-state index contributed by atoms with van der Waals surface area (Å²) in [6.45, 7) is 0. The fraction of sp³-hybridized carbons (Fsp3) is 0. The molecule has 0 fully saturated rings. The standard InChI is InChI=1S/C21H13N3O5S/c25-19(10-7-13-5-8-15(9-6-13)24(27)28)23-21-22-17(12-30-21)16-11-14-3-1-2-4-18(14)29-20(16)26/h1-12H,(H,22,23,25). The van der Waals surface area contributed by atoms with E-state index >= 15 is 0 Å². The van der Waals surface area contributed by atoms with Crippen LogP contribution in [0.15, 0.2) is 75.3 Å². The highest BCUT2D eigenvalue weighted by Gasteiger charge is 2.12. The van der Waals surface area contributed by atoms with E-state index in [1.165, 1.54) is 35.6 Å². The molecule has 4 aromatic rings. The Labute approximate surface area is 173 Å². The van der Waals surface area contributed by atoms with E-state index < -0.39 is 16.5 Å². The Bertz CT molecular complexity index is 1340. The van der Waals surface area contributed by atoms with Gasteiger partial charge in [-0.15, -0.1) is 11.3 Å². The quantitative estimate of drug-likeness (QED) is 0.221. The molecule has 0 atom stereocenters. The molecule has 0 aliphatic heterocycles. The smallest absolute Gasteiger partial charge is 0.345 e. The van der Waals surface area contributed by atoms with Gasteiger partial charge >= 0.3 is 5.63 Å². The Kier molecular flexibility index (Phi) is 5.19. The van der Waals surface area contributed by atoms with Crippen LogP contribution in [0.3, 0.4) is 0 Å². The van der Waals surface area contributed by atoms with Crippen LogP contribution in [-0.2, 0) is 4.79 Å². The highest BCUT2D eigenvalue weighted by Crippen LogP contribution is 2.25. The SMILES string of the molecule is O=C(C=Cc1ccc([N+](=O)[O-])cc1)Nc1nc(-c2cc3ccccc3oc2=O)cs1. The Morgan fingerprint density at radius 1 is 1.17 bits per heavy atom. The van der Waals surface area contributed by atoms with E-state index in [-0.39, 0.29) is 5.69 Å². The summed E-state index contributed by atoms with van der Waals surface area (Å²) in [5, 5.41) is 16.1. The van der Waals surface area contributed by atoms with Gasteiger partial charge < -0.3 is 4.42 Å². The summed E-state index contributed by atoms with van der Waals surface area (Å²) in [5.74, 6) is -0.417. The molecule has 0 aliphatic rings. The van der Waals surface area contributed by atoms with Gasteiger partial charge in [-0.1, -0.05) is 18.2 Å². The number of carbonyl (C=O) groups is 1. The normalized spacial score (nSPS) is 11.1. The summed E-state index contributed by atoms with van der Waals surface area (Å²) in [5.41, 5.74) is 1.33. The highest BCUT2D eigenvalue weighted by atomic mass is 32.1. The maximum atomic E-state index is 12.2. The molecule has 30 heavy (non-hydrogen) atoms. The average Bonchev–Trinajstić information content (AvgIpc) is 3.20. The third kappa shape index (κ3) is 4.15. The number of thiazole rings is 1. The van der Waals surface area contributed by atoms with Gasteiger partial charge in [0.05, 0.1) is 16.2 Å². The number of anilines is 1. The molecule has 0 saturated heterocycles. The second kappa shape index (κ2) is 8.10. The van der Waals surface area contributed by atoms with Crippen molar-refractivity contribution in [3.05, 3.63) is 92.2 Å². The number of amides is 1. The van der Waals surface area contributed by atoms with Crippen molar-refractivity contribution in [2.45, 2.75) is 0 Å². The molecule has 0 aliphatic carbocycles. The summed E-state index contributed by atoms with van der Waals surface area (Å²) >= 11 is 1.18. The number of rotatable bonds is 5. The first-order valence-electron chi connectivity index (χ1n) is 8.72. The number of hydrogen-bond donors (Lipinski definition) is 1. The van der Waals surface area contributed by atoms with Gasteiger partial charge in [0.1, 0.15) is 5.58 Å². The van der Waals surface area contributed by atoms with Crippen LogP contribution in [0, 0.1) is 10.1 Å². The molecule has 2 heterocycles. The third-order valence-electron chi connectivity index (χ3n) is 4.18. The lowest BCUT2D eigenvalue weighted by Crippen LogP contribution is -2.08. The molecule has 1 amide bonds. The van der Waals surface area contributed by atoms with Crippen LogP contribution in [0.4, 0.5) is 10.8 Å². The number of nitro groups is 1. The number of fused-ring (bicyclic) bond motifs is 1. The predicted molar refractivity (Wildman–Crippen MR) is 114 cm³/mol. The Morgan fingerprint density at radius 3 is 2.70 bits per heavy atom. The van der Waals surface area contributed by atoms with Gasteiger partial charge in [0.25, 0.3) is 5.69 Å². The van der Waals surface area contributed by atoms with E-state index in [1.807, 2.05) is 12.1 Å². The van der Waals surface area contributed by atoms with Crippen LogP contribution in [-0.4, -0.2) is 15.8 Å². The average molecular weight is 419 g/mol. The lowest BCUT2D eigenvalue weighted by Gasteiger charge is -1.99. The first-order valence-corrected chi connectivity index (χ1v) is 9.60. The molecule has 8 nitrogen and oxygen atoms in total. The maximum absolute atomic E-state index is 12.2. The molecule has 0 saturated carbocycles. The number of aromatic nitrogens is 1. The van der Waals surface area contributed by atoms with E-state index in [0.29, 0.717) is 27.5 Å². The molecule has 1 N–H and O–H groups in total. The van der Waals surface area contributed by atoms with Crippen LogP contribution < -0.4 is 10.9 Å². The fourth-order valence-corrected chi connectivity index (χ4v) is 3.43. The van der Waals surface area contributed by atoms with Crippen molar-refractivity contribution >= 4 is 45.1 Å². The van der Waals surface area contributed by atoms with Crippen LogP contribution >= 0.6 is 11.3 Å². The second-order valence-electron chi connectivity index (χ2n) is 6.19. The molecule has 9 heteroatoms. The largest absolute Gasteiger partial charge is 0.422 e. The van der Waals surface area contributed by atoms with Gasteiger partial charge in [0.2, 0.25) is 5.91 Å². The number of nitrogens with one attached hydrogen (secondary N) is 1. The number of benzene rings is 2. The van der Waals surface area contributed by atoms with Crippen molar-refractivity contribution in [2.75, 3.05) is 5.32 Å². The van der Waals surface area contributed by atoms with Crippen LogP contribution in [0.25, 0.3) is 28.3 Å². The molecule has 2 aromatic heterocycles. The van der Waals surface area contributed by atoms with E-state index in [9.17, 15) is 19.7 Å². The van der Waals surface area contributed by atoms with E-state index in [0.717, 1.165) is 5.39 Å². The van der Waals surface area contributed by atoms with Crippen molar-refractivity contribution in [2.24, 2.45) is 0 Å². The zero-order chi connectivity index (χ0) is 21.1. The van der Waals surface area contributed by atoms with Gasteiger partial charge in [0, 0.05) is 29.0 Å². The topological polar surface area (TPSA) is 115 Å². The molecule has 4 rings (SSSR count). The third-order valence-corrected chi connectivity index (χ3v) is 4.94. The minimum Gasteiger partial charge on any atom is -0.422 e. The van der Waals surface area contributed by atoms with Crippen molar-refractivity contribution < 1.29 is 14.1 Å². The minimum atomic E-state index is -0.505. The van der Waals surface area contributed by atoms with Crippen LogP contribution in [0.5, 0.6) is 0 Å². The van der Waals surface area contributed by atoms with Crippen molar-refractivity contribution in [1.82, 2.24) is 4.98 Å². The summed E-state index contributed by atoms with van der Waals surface area (Å²) in [6.07, 6.45) is 2.83. The zero-order valence-corrected chi connectivity index (χ0v) is 16.1. The molecular weight excluding hydrogens is 406 g/mol. The lowest BCUT2D eigenvalue weighted by atomic mass is 10.1. The van der Waals surface area contributed by atoms with Gasteiger partial charge in [-0.3, -0.25) is 20.2 Å². The number of non-ortho nitro benzene ring substituents is 1. The summed E-state index contributed by atoms with van der Waals surface area (Å²) < 4.78 is 5.32. The minimum absolute atomic E-state index is 0.0231. The highest BCUT2D eigenvalue weighted by molar-refractivity contribution is 7.14. The summed E-state index contributed by atoms with van der Waals surface area (Å²) in [6, 6.07) is 14.7. The van der Waals surface area contributed by atoms with E-state index in [1.54, 1.807) is 35.7 Å². The van der Waals surface area contributed by atoms with Gasteiger partial charge in [-0.25, -0.2) is 9.78 Å². The molecule has 0 spiro atoms. The first-order chi connectivity index (χ1) is 14.5. The van der Waals surface area contributed by atoms with E-state index in [2.05, 4.69) is 10.3 Å². The fourth-order valence-electron chi connectivity index (χ4n) is 2.72. The Morgan fingerprint density at radius 2 is 1.93 bits per heavy atom. The van der Waals surface area contributed by atoms with Crippen LogP contribution in [0.2, 0.25) is 0 Å². The Balaban J connectivity index is 1.48. The van der Waals surface area contributed by atoms with Gasteiger partial charge in [-0.2, -0.15) is 0 Å². The number of para-hydroxylation sites is 1. The zero-order valence-electron chi connectivity index (χ0n) is 15.3. The molecule has 0 radical (unpaired) electrons. The van der Waals surface area contributed by atoms with Crippen LogP contribution in [0.1, 0.15) is 5.56 Å². The molecule has 0 unspecified atom stereocenters. The number of nitro benzene ring substituents is 1. The van der Waals surface area contributed by atoms with Gasteiger partial charge in [-0.05, 0) is 35.9 Å². The first kappa shape index (κ1) is 19.2. The van der Waals surface area contributed by atoms with Crippen molar-refractivity contribution in [3.63, 3.8) is 0 Å². The number of hydrogen-bond acceptors (Lipinski definition) is 7. The maximum Gasteiger partial charge on any atom is 0.345 e. The predicted octanol–water partition coefficient (Wildman–Crippen LogP) is 4.48. The van der Waals surface area contributed by atoms with Crippen molar-refractivity contribution in [3.8, 4) is 11.3 Å². The summed E-state index contributed by atoms with van der Waals surface area (Å²) in [4.78, 5) is 38.8. The molecule has 0 bridgehead atoms.